The van der Waals surface area contributed by atoms with Crippen LogP contribution in [0.25, 0.3) is 0 Å². The van der Waals surface area contributed by atoms with Gasteiger partial charge in [-0.3, -0.25) is 19.3 Å². The Morgan fingerprint density at radius 1 is 1.09 bits per heavy atom. The number of thioether (sulfide) groups is 1. The number of benzene rings is 1. The number of amides is 2. The minimum Gasteiger partial charge on any atom is -0.342 e. The van der Waals surface area contributed by atoms with Crippen molar-refractivity contribution < 1.29 is 9.59 Å². The van der Waals surface area contributed by atoms with E-state index in [0.717, 1.165) is 37.2 Å². The van der Waals surface area contributed by atoms with Crippen molar-refractivity contribution in [2.75, 3.05) is 25.9 Å². The number of carbonyl (C=O) groups is 2. The van der Waals surface area contributed by atoms with Gasteiger partial charge >= 0.3 is 0 Å². The molecule has 0 bridgehead atoms. The van der Waals surface area contributed by atoms with Crippen molar-refractivity contribution in [2.24, 2.45) is 5.92 Å². The lowest BCUT2D eigenvalue weighted by Crippen LogP contribution is -2.49. The number of rotatable bonds is 9. The zero-order valence-electron chi connectivity index (χ0n) is 20.4. The molecule has 2 aromatic heterocycles. The average Bonchev–Trinajstić information content (AvgIpc) is 3.40. The van der Waals surface area contributed by atoms with E-state index in [0.29, 0.717) is 11.7 Å². The van der Waals surface area contributed by atoms with Gasteiger partial charge in [-0.1, -0.05) is 24.3 Å². The predicted octanol–water partition coefficient (Wildman–Crippen LogP) is 3.69. The predicted molar refractivity (Wildman–Crippen MR) is 138 cm³/mol. The minimum atomic E-state index is 0.0551. The zero-order valence-corrected chi connectivity index (χ0v) is 21.2. The Morgan fingerprint density at radius 3 is 2.51 bits per heavy atom. The maximum atomic E-state index is 13.2. The molecule has 1 aliphatic heterocycles. The van der Waals surface area contributed by atoms with E-state index in [1.807, 2.05) is 41.2 Å². The molecule has 0 radical (unpaired) electrons. The first-order chi connectivity index (χ1) is 17.0. The first-order valence-corrected chi connectivity index (χ1v) is 13.1. The number of hydrogen-bond acceptors (Lipinski definition) is 5. The number of likely N-dealkylation sites (N-methyl/N-ethyl adjacent to an activating group) is 1. The molecular weight excluding hydrogens is 458 g/mol. The van der Waals surface area contributed by atoms with Crippen LogP contribution in [0.3, 0.4) is 0 Å². The third-order valence-corrected chi connectivity index (χ3v) is 7.88. The lowest BCUT2D eigenvalue weighted by Gasteiger charge is -2.40. The summed E-state index contributed by atoms with van der Waals surface area (Å²) in [6.45, 7) is 3.81. The molecule has 0 saturated carbocycles. The molecule has 4 rings (SSSR count). The topological polar surface area (TPSA) is 71.3 Å². The van der Waals surface area contributed by atoms with Gasteiger partial charge in [0.25, 0.3) is 0 Å². The monoisotopic (exact) mass is 491 g/mol. The molecule has 1 saturated heterocycles. The number of piperidine rings is 1. The van der Waals surface area contributed by atoms with Crippen molar-refractivity contribution >= 4 is 23.6 Å². The van der Waals surface area contributed by atoms with Gasteiger partial charge in [0, 0.05) is 55.9 Å². The summed E-state index contributed by atoms with van der Waals surface area (Å²) in [6.07, 6.45) is 9.59. The summed E-state index contributed by atoms with van der Waals surface area (Å²) in [7, 11) is 1.91. The second kappa shape index (κ2) is 12.0. The van der Waals surface area contributed by atoms with E-state index in [1.165, 1.54) is 11.1 Å². The van der Waals surface area contributed by atoms with Gasteiger partial charge in [-0.05, 0) is 61.4 Å². The Morgan fingerprint density at radius 2 is 1.83 bits per heavy atom. The first-order valence-electron chi connectivity index (χ1n) is 12.1. The smallest absolute Gasteiger partial charge is 0.244 e. The van der Waals surface area contributed by atoms with E-state index < -0.39 is 0 Å². The van der Waals surface area contributed by atoms with Crippen molar-refractivity contribution in [3.05, 3.63) is 78.4 Å². The molecule has 1 aliphatic rings. The summed E-state index contributed by atoms with van der Waals surface area (Å²) in [5.41, 5.74) is 2.51. The van der Waals surface area contributed by atoms with Gasteiger partial charge < -0.3 is 9.80 Å². The van der Waals surface area contributed by atoms with Crippen LogP contribution in [-0.2, 0) is 22.6 Å². The van der Waals surface area contributed by atoms with Crippen LogP contribution in [-0.4, -0.2) is 68.3 Å². The fraction of sp³-hybridized carbons (Fsp3) is 0.407. The van der Waals surface area contributed by atoms with Crippen LogP contribution in [0.1, 0.15) is 24.0 Å². The molecule has 184 valence electrons. The van der Waals surface area contributed by atoms with E-state index in [-0.39, 0.29) is 24.4 Å². The van der Waals surface area contributed by atoms with Gasteiger partial charge in [0.2, 0.25) is 11.8 Å². The molecule has 1 unspecified atom stereocenters. The third kappa shape index (κ3) is 6.72. The summed E-state index contributed by atoms with van der Waals surface area (Å²) >= 11 is 1.55. The molecule has 8 heteroatoms. The quantitative estimate of drug-likeness (QED) is 0.427. The molecule has 0 aliphatic carbocycles. The molecule has 2 amide bonds. The lowest BCUT2D eigenvalue weighted by atomic mass is 9.84. The maximum absolute atomic E-state index is 13.2. The standard InChI is InChI=1S/C27H33N5O2S/c1-21-6-3-4-7-23(21)18-25(30(2)26(33)19-32-15-5-12-29-32)22-10-16-31(17-11-22)27(34)20-35-24-8-13-28-14-9-24/h3-9,12-15,22,25H,10-11,16-20H2,1-2H3. The highest BCUT2D eigenvalue weighted by Crippen LogP contribution is 2.28. The maximum Gasteiger partial charge on any atom is 0.244 e. The zero-order chi connectivity index (χ0) is 24.6. The average molecular weight is 492 g/mol. The molecule has 3 aromatic rings. The number of nitrogens with zero attached hydrogens (tertiary/aromatic N) is 5. The Hall–Kier alpha value is -3.13. The van der Waals surface area contributed by atoms with E-state index >= 15 is 0 Å². The Kier molecular flexibility index (Phi) is 8.58. The molecule has 1 fully saturated rings. The van der Waals surface area contributed by atoms with Crippen LogP contribution in [0, 0.1) is 12.8 Å². The molecule has 1 aromatic carbocycles. The van der Waals surface area contributed by atoms with Crippen molar-refractivity contribution in [3.8, 4) is 0 Å². The number of pyridine rings is 1. The van der Waals surface area contributed by atoms with E-state index in [9.17, 15) is 9.59 Å². The largest absolute Gasteiger partial charge is 0.342 e. The van der Waals surface area contributed by atoms with Gasteiger partial charge in [0.1, 0.15) is 6.54 Å². The van der Waals surface area contributed by atoms with Crippen LogP contribution in [0.4, 0.5) is 0 Å². The highest BCUT2D eigenvalue weighted by molar-refractivity contribution is 8.00. The number of likely N-dealkylation sites (tertiary alicyclic amines) is 1. The molecule has 35 heavy (non-hydrogen) atoms. The number of aryl methyl sites for hydroxylation is 1. The minimum absolute atomic E-state index is 0.0551. The number of carbonyl (C=O) groups excluding carboxylic acids is 2. The van der Waals surface area contributed by atoms with Gasteiger partial charge in [0.15, 0.2) is 0 Å². The van der Waals surface area contributed by atoms with E-state index in [1.54, 1.807) is 35.0 Å². The Bertz CT molecular complexity index is 1100. The van der Waals surface area contributed by atoms with E-state index in [2.05, 4.69) is 41.3 Å². The molecule has 1 atom stereocenters. The fourth-order valence-electron chi connectivity index (χ4n) is 4.72. The van der Waals surface area contributed by atoms with Gasteiger partial charge in [-0.25, -0.2) is 0 Å². The van der Waals surface area contributed by atoms with Gasteiger partial charge in [0.05, 0.1) is 5.75 Å². The normalized spacial score (nSPS) is 15.1. The molecule has 7 nitrogen and oxygen atoms in total. The van der Waals surface area contributed by atoms with Crippen molar-refractivity contribution in [3.63, 3.8) is 0 Å². The van der Waals surface area contributed by atoms with Crippen LogP contribution in [0.5, 0.6) is 0 Å². The first kappa shape index (κ1) is 25.0. The molecule has 0 N–H and O–H groups in total. The Balaban J connectivity index is 1.40. The molecule has 3 heterocycles. The highest BCUT2D eigenvalue weighted by atomic mass is 32.2. The SMILES string of the molecule is Cc1ccccc1CC(C1CCN(C(=O)CSc2ccncc2)CC1)N(C)C(=O)Cn1cccn1. The van der Waals surface area contributed by atoms with Crippen molar-refractivity contribution in [2.45, 2.75) is 43.7 Å². The molecular formula is C27H33N5O2S. The second-order valence-corrected chi connectivity index (χ2v) is 10.1. The summed E-state index contributed by atoms with van der Waals surface area (Å²) in [5.74, 6) is 0.991. The second-order valence-electron chi connectivity index (χ2n) is 9.10. The molecule has 0 spiro atoms. The van der Waals surface area contributed by atoms with E-state index in [4.69, 9.17) is 0 Å². The number of aromatic nitrogens is 3. The van der Waals surface area contributed by atoms with Crippen molar-refractivity contribution in [1.29, 1.82) is 0 Å². The lowest BCUT2D eigenvalue weighted by molar-refractivity contribution is -0.136. The summed E-state index contributed by atoms with van der Waals surface area (Å²) in [4.78, 5) is 34.9. The van der Waals surface area contributed by atoms with Crippen LogP contribution < -0.4 is 0 Å². The van der Waals surface area contributed by atoms with Gasteiger partial charge in [-0.2, -0.15) is 5.10 Å². The van der Waals surface area contributed by atoms with Crippen LogP contribution in [0.2, 0.25) is 0 Å². The van der Waals surface area contributed by atoms with Gasteiger partial charge in [-0.15, -0.1) is 11.8 Å². The fourth-order valence-corrected chi connectivity index (χ4v) is 5.50. The Labute approximate surface area is 211 Å². The summed E-state index contributed by atoms with van der Waals surface area (Å²) in [6, 6.07) is 14.1. The summed E-state index contributed by atoms with van der Waals surface area (Å²) in [5, 5.41) is 4.20. The van der Waals surface area contributed by atoms with Crippen LogP contribution in [0.15, 0.2) is 72.1 Å². The highest BCUT2D eigenvalue weighted by Gasteiger charge is 2.33. The summed E-state index contributed by atoms with van der Waals surface area (Å²) < 4.78 is 1.67. The number of hydrogen-bond donors (Lipinski definition) is 0. The van der Waals surface area contributed by atoms with Crippen molar-refractivity contribution in [1.82, 2.24) is 24.6 Å². The van der Waals surface area contributed by atoms with Crippen LogP contribution >= 0.6 is 11.8 Å². The third-order valence-electron chi connectivity index (χ3n) is 6.89.